The standard InChI is InChI=1S/C22H38O4.C8H18O8S2.C8H14O/c1-3-7-11-21(12-8-4-1)25-19-17-23-15-16-24-18-20-26-22-13-9-5-2-6-10-14-22;1-17(9,10)15-7-5-13-3-4-14-6-8-16-18(2,11)12;9-8-6-4-2-1-3-5-7-8/h1-3,5,21-22H,4,6-20H2;3-8H2,1-2H3;1-2,8-9H,3-7H2/b3-1-,5-2?;;2-1-. The largest absolute Gasteiger partial charge is 0.393 e. The van der Waals surface area contributed by atoms with E-state index >= 15 is 0 Å². The SMILES string of the molecule is C1=CCCC(OCCOCCOCCOC2CC/C=C\CCC2)CCC1.CS(=O)(=O)OCCOCCOCCOS(C)(=O)=O.OC1CC/C=C\CCC1. The zero-order valence-electron chi connectivity index (χ0n) is 32.5. The molecule has 3 aliphatic carbocycles. The Morgan fingerprint density at radius 2 is 0.755 bits per heavy atom. The summed E-state index contributed by atoms with van der Waals surface area (Å²) in [5.41, 5.74) is 0. The third-order valence-electron chi connectivity index (χ3n) is 8.14. The highest BCUT2D eigenvalue weighted by molar-refractivity contribution is 7.86. The van der Waals surface area contributed by atoms with E-state index in [1.165, 1.54) is 38.5 Å². The van der Waals surface area contributed by atoms with Crippen LogP contribution < -0.4 is 0 Å². The molecule has 0 fully saturated rings. The summed E-state index contributed by atoms with van der Waals surface area (Å²) in [5, 5.41) is 9.18. The molecule has 0 radical (unpaired) electrons. The first kappa shape index (κ1) is 49.8. The van der Waals surface area contributed by atoms with Crippen LogP contribution in [0, 0.1) is 0 Å². The molecule has 0 amide bonds. The molecular weight excluding hydrogens is 729 g/mol. The van der Waals surface area contributed by atoms with Gasteiger partial charge in [-0.15, -0.1) is 0 Å². The average Bonchev–Trinajstić information content (AvgIpc) is 3.06. The lowest BCUT2D eigenvalue weighted by Crippen LogP contribution is -2.19. The van der Waals surface area contributed by atoms with Gasteiger partial charge in [-0.2, -0.15) is 16.8 Å². The second kappa shape index (κ2) is 34.0. The summed E-state index contributed by atoms with van der Waals surface area (Å²) in [6, 6.07) is 0. The number of rotatable bonds is 22. The first-order chi connectivity index (χ1) is 25.6. The normalized spacial score (nSPS) is 22.6. The monoisotopic (exact) mass is 798 g/mol. The molecule has 0 bridgehead atoms. The number of allylic oxidation sites excluding steroid dienone is 6. The molecule has 13 nitrogen and oxygen atoms in total. The van der Waals surface area contributed by atoms with Gasteiger partial charge in [0, 0.05) is 0 Å². The third-order valence-corrected chi connectivity index (χ3v) is 9.33. The van der Waals surface area contributed by atoms with Crippen LogP contribution in [0.1, 0.15) is 96.3 Å². The van der Waals surface area contributed by atoms with Crippen molar-refractivity contribution in [2.75, 3.05) is 91.8 Å². The molecule has 3 atom stereocenters. The summed E-state index contributed by atoms with van der Waals surface area (Å²) in [4.78, 5) is 0. The van der Waals surface area contributed by atoms with Gasteiger partial charge in [-0.25, -0.2) is 0 Å². The highest BCUT2D eigenvalue weighted by atomic mass is 32.2. The van der Waals surface area contributed by atoms with Crippen molar-refractivity contribution < 1.29 is 58.7 Å². The Kier molecular flexibility index (Phi) is 32.0. The Labute approximate surface area is 321 Å². The molecule has 1 N–H and O–H groups in total. The number of hydrogen-bond donors (Lipinski definition) is 1. The highest BCUT2D eigenvalue weighted by Crippen LogP contribution is 2.16. The fourth-order valence-electron chi connectivity index (χ4n) is 5.40. The van der Waals surface area contributed by atoms with Gasteiger partial charge < -0.3 is 33.5 Å². The summed E-state index contributed by atoms with van der Waals surface area (Å²) in [7, 11) is -6.86. The van der Waals surface area contributed by atoms with E-state index in [9.17, 15) is 21.9 Å². The minimum atomic E-state index is -3.43. The van der Waals surface area contributed by atoms with E-state index in [2.05, 4.69) is 44.8 Å². The molecule has 0 aromatic carbocycles. The summed E-state index contributed by atoms with van der Waals surface area (Å²) in [6.07, 6.45) is 33.2. The number of hydrogen-bond acceptors (Lipinski definition) is 13. The van der Waals surface area contributed by atoms with Crippen LogP contribution in [0.15, 0.2) is 36.5 Å². The highest BCUT2D eigenvalue weighted by Gasteiger charge is 2.11. The van der Waals surface area contributed by atoms with Crippen LogP contribution >= 0.6 is 0 Å². The van der Waals surface area contributed by atoms with Crippen molar-refractivity contribution in [2.45, 2.75) is 115 Å². The van der Waals surface area contributed by atoms with E-state index in [4.69, 9.17) is 28.4 Å². The molecule has 0 aliphatic heterocycles. The van der Waals surface area contributed by atoms with Gasteiger partial charge in [0.05, 0.1) is 110 Å². The average molecular weight is 799 g/mol. The zero-order chi connectivity index (χ0) is 38.7. The third kappa shape index (κ3) is 37.5. The molecule has 3 aliphatic rings. The summed E-state index contributed by atoms with van der Waals surface area (Å²) in [5.74, 6) is 0. The molecule has 3 rings (SSSR count). The Morgan fingerprint density at radius 1 is 0.434 bits per heavy atom. The first-order valence-corrected chi connectivity index (χ1v) is 23.0. The van der Waals surface area contributed by atoms with Gasteiger partial charge in [0.25, 0.3) is 20.2 Å². The van der Waals surface area contributed by atoms with Gasteiger partial charge in [-0.1, -0.05) is 36.5 Å². The van der Waals surface area contributed by atoms with Crippen molar-refractivity contribution in [3.8, 4) is 0 Å². The van der Waals surface area contributed by atoms with E-state index < -0.39 is 20.2 Å². The van der Waals surface area contributed by atoms with E-state index in [0.717, 1.165) is 70.3 Å². The van der Waals surface area contributed by atoms with E-state index in [-0.39, 0.29) is 45.7 Å². The predicted molar refractivity (Wildman–Crippen MR) is 207 cm³/mol. The van der Waals surface area contributed by atoms with Crippen molar-refractivity contribution in [3.63, 3.8) is 0 Å². The van der Waals surface area contributed by atoms with Crippen LogP contribution in [0.25, 0.3) is 0 Å². The molecule has 3 unspecified atom stereocenters. The number of aliphatic hydroxyl groups excluding tert-OH is 1. The van der Waals surface area contributed by atoms with Gasteiger partial charge in [0.1, 0.15) is 0 Å². The Hall–Kier alpha value is -1.24. The van der Waals surface area contributed by atoms with Crippen LogP contribution in [0.5, 0.6) is 0 Å². The molecule has 0 heterocycles. The molecule has 0 saturated carbocycles. The van der Waals surface area contributed by atoms with Gasteiger partial charge in [0.15, 0.2) is 0 Å². The quantitative estimate of drug-likeness (QED) is 0.0811. The van der Waals surface area contributed by atoms with Crippen LogP contribution in [0.3, 0.4) is 0 Å². The van der Waals surface area contributed by atoms with Crippen molar-refractivity contribution in [3.05, 3.63) is 36.5 Å². The summed E-state index contributed by atoms with van der Waals surface area (Å²) >= 11 is 0. The fraction of sp³-hybridized carbons (Fsp3) is 0.842. The van der Waals surface area contributed by atoms with Crippen LogP contribution in [0.2, 0.25) is 0 Å². The maximum absolute atomic E-state index is 10.6. The first-order valence-electron chi connectivity index (χ1n) is 19.4. The molecule has 15 heteroatoms. The topological polar surface area (TPSA) is 162 Å². The lowest BCUT2D eigenvalue weighted by Gasteiger charge is -2.19. The van der Waals surface area contributed by atoms with E-state index in [1.54, 1.807) is 0 Å². The van der Waals surface area contributed by atoms with Gasteiger partial charge in [0.2, 0.25) is 0 Å². The fourth-order valence-corrected chi connectivity index (χ4v) is 6.15. The van der Waals surface area contributed by atoms with Crippen molar-refractivity contribution in [1.29, 1.82) is 0 Å². The van der Waals surface area contributed by atoms with Crippen LogP contribution in [-0.2, 0) is 57.0 Å². The zero-order valence-corrected chi connectivity index (χ0v) is 34.1. The van der Waals surface area contributed by atoms with E-state index in [1.807, 2.05) is 0 Å². The molecule has 53 heavy (non-hydrogen) atoms. The maximum atomic E-state index is 10.6. The number of aliphatic hydroxyl groups is 1. The molecule has 0 aromatic rings. The number of ether oxygens (including phenoxy) is 6. The molecule has 0 spiro atoms. The van der Waals surface area contributed by atoms with Crippen molar-refractivity contribution >= 4 is 20.2 Å². The minimum absolute atomic E-state index is 0.0325. The summed E-state index contributed by atoms with van der Waals surface area (Å²) in [6.45, 7) is 4.64. The summed E-state index contributed by atoms with van der Waals surface area (Å²) < 4.78 is 84.1. The lowest BCUT2D eigenvalue weighted by molar-refractivity contribution is -0.0323. The lowest BCUT2D eigenvalue weighted by atomic mass is 10.0. The van der Waals surface area contributed by atoms with Gasteiger partial charge >= 0.3 is 0 Å². The Bertz CT molecular complexity index is 1070. The molecule has 312 valence electrons. The van der Waals surface area contributed by atoms with Crippen molar-refractivity contribution in [1.82, 2.24) is 0 Å². The molecular formula is C38H70O13S2. The maximum Gasteiger partial charge on any atom is 0.264 e. The van der Waals surface area contributed by atoms with Gasteiger partial charge in [-0.3, -0.25) is 8.37 Å². The smallest absolute Gasteiger partial charge is 0.264 e. The molecule has 0 aromatic heterocycles. The van der Waals surface area contributed by atoms with E-state index in [0.29, 0.717) is 51.8 Å². The Morgan fingerprint density at radius 3 is 1.15 bits per heavy atom. The van der Waals surface area contributed by atoms with Crippen molar-refractivity contribution in [2.24, 2.45) is 0 Å². The predicted octanol–water partition coefficient (Wildman–Crippen LogP) is 5.67. The second-order valence-electron chi connectivity index (χ2n) is 13.1. The van der Waals surface area contributed by atoms with Crippen LogP contribution in [-0.4, -0.2) is 132 Å². The molecule has 0 saturated heterocycles. The van der Waals surface area contributed by atoms with Gasteiger partial charge in [-0.05, 0) is 96.3 Å². The Balaban J connectivity index is 0.000000448. The minimum Gasteiger partial charge on any atom is -0.393 e. The van der Waals surface area contributed by atoms with Crippen LogP contribution in [0.4, 0.5) is 0 Å². The second-order valence-corrected chi connectivity index (χ2v) is 16.4.